The number of carbonyl (C=O) groups is 1. The number of hydrogen-bond acceptors (Lipinski definition) is 6. The second kappa shape index (κ2) is 8.86. The van der Waals surface area contributed by atoms with Gasteiger partial charge in [-0.15, -0.1) is 10.2 Å². The Hall–Kier alpha value is -3.54. The molecule has 0 bridgehead atoms. The van der Waals surface area contributed by atoms with Crippen LogP contribution in [0.3, 0.4) is 0 Å². The van der Waals surface area contributed by atoms with Gasteiger partial charge in [0, 0.05) is 10.7 Å². The molecule has 2 aromatic carbocycles. The standard InChI is InChI=1S/C21H14ClN5O2S/c22-15-9-8-14(12-23)17(11-15)24-19(28)13-30-21-26-25-20(18-7-4-10-29-18)27(21)16-5-2-1-3-6-16/h1-11H,13H2,(H,24,28). The maximum atomic E-state index is 12.5. The number of nitriles is 1. The molecule has 1 amide bonds. The number of nitrogens with one attached hydrogen (secondary N) is 1. The van der Waals surface area contributed by atoms with Gasteiger partial charge in [0.25, 0.3) is 0 Å². The molecule has 0 unspecified atom stereocenters. The summed E-state index contributed by atoms with van der Waals surface area (Å²) in [5, 5.41) is 21.4. The number of nitrogens with zero attached hydrogens (tertiary/aromatic N) is 4. The van der Waals surface area contributed by atoms with E-state index < -0.39 is 0 Å². The van der Waals surface area contributed by atoms with Crippen LogP contribution < -0.4 is 5.32 Å². The van der Waals surface area contributed by atoms with E-state index in [1.54, 1.807) is 36.6 Å². The smallest absolute Gasteiger partial charge is 0.234 e. The van der Waals surface area contributed by atoms with Crippen LogP contribution in [-0.4, -0.2) is 26.4 Å². The van der Waals surface area contributed by atoms with Crippen molar-refractivity contribution in [3.63, 3.8) is 0 Å². The lowest BCUT2D eigenvalue weighted by atomic mass is 10.2. The minimum Gasteiger partial charge on any atom is -0.461 e. The fourth-order valence-electron chi connectivity index (χ4n) is 2.77. The minimum atomic E-state index is -0.291. The largest absolute Gasteiger partial charge is 0.461 e. The highest BCUT2D eigenvalue weighted by molar-refractivity contribution is 7.99. The van der Waals surface area contributed by atoms with Crippen molar-refractivity contribution in [2.75, 3.05) is 11.1 Å². The summed E-state index contributed by atoms with van der Waals surface area (Å²) < 4.78 is 7.31. The van der Waals surface area contributed by atoms with Crippen molar-refractivity contribution in [1.29, 1.82) is 5.26 Å². The highest BCUT2D eigenvalue weighted by Gasteiger charge is 2.19. The number of halogens is 1. The number of aromatic nitrogens is 3. The molecule has 2 heterocycles. The van der Waals surface area contributed by atoms with E-state index in [0.717, 1.165) is 5.69 Å². The number of thioether (sulfide) groups is 1. The average Bonchev–Trinajstić information content (AvgIpc) is 3.43. The fourth-order valence-corrected chi connectivity index (χ4v) is 3.70. The van der Waals surface area contributed by atoms with Crippen LogP contribution >= 0.6 is 23.4 Å². The Kier molecular flexibility index (Phi) is 5.84. The number of para-hydroxylation sites is 1. The highest BCUT2D eigenvalue weighted by atomic mass is 35.5. The quantitative estimate of drug-likeness (QED) is 0.437. The van der Waals surface area contributed by atoms with Gasteiger partial charge in [-0.1, -0.05) is 41.6 Å². The van der Waals surface area contributed by atoms with E-state index in [9.17, 15) is 10.1 Å². The van der Waals surface area contributed by atoms with Crippen molar-refractivity contribution in [2.45, 2.75) is 5.16 Å². The predicted octanol–water partition coefficient (Wildman–Crippen LogP) is 4.78. The summed E-state index contributed by atoms with van der Waals surface area (Å²) >= 11 is 7.20. The number of furan rings is 1. The third-order valence-electron chi connectivity index (χ3n) is 4.10. The number of rotatable bonds is 6. The molecule has 4 rings (SSSR count). The van der Waals surface area contributed by atoms with Gasteiger partial charge in [-0.25, -0.2) is 0 Å². The molecule has 0 radical (unpaired) electrons. The summed E-state index contributed by atoms with van der Waals surface area (Å²) in [5.74, 6) is 0.887. The molecule has 0 aliphatic rings. The van der Waals surface area contributed by atoms with E-state index in [2.05, 4.69) is 15.5 Å². The van der Waals surface area contributed by atoms with Gasteiger partial charge in [-0.05, 0) is 42.5 Å². The number of carbonyl (C=O) groups excluding carboxylic acids is 1. The van der Waals surface area contributed by atoms with Crippen LogP contribution in [0.5, 0.6) is 0 Å². The maximum absolute atomic E-state index is 12.5. The van der Waals surface area contributed by atoms with E-state index in [1.165, 1.54) is 11.8 Å². The molecule has 0 spiro atoms. The van der Waals surface area contributed by atoms with E-state index >= 15 is 0 Å². The topological polar surface area (TPSA) is 96.7 Å². The third kappa shape index (κ3) is 4.22. The van der Waals surface area contributed by atoms with Gasteiger partial charge >= 0.3 is 0 Å². The van der Waals surface area contributed by atoms with Crippen molar-refractivity contribution < 1.29 is 9.21 Å². The molecule has 0 saturated carbocycles. The predicted molar refractivity (Wildman–Crippen MR) is 115 cm³/mol. The van der Waals surface area contributed by atoms with E-state index in [0.29, 0.717) is 33.0 Å². The number of benzene rings is 2. The van der Waals surface area contributed by atoms with Crippen molar-refractivity contribution in [3.05, 3.63) is 77.5 Å². The summed E-state index contributed by atoms with van der Waals surface area (Å²) in [6.45, 7) is 0. The lowest BCUT2D eigenvalue weighted by molar-refractivity contribution is -0.113. The molecule has 0 saturated heterocycles. The van der Waals surface area contributed by atoms with Crippen LogP contribution in [0.15, 0.2) is 76.5 Å². The fraction of sp³-hybridized carbons (Fsp3) is 0.0476. The second-order valence-corrected chi connectivity index (χ2v) is 7.47. The average molecular weight is 436 g/mol. The first kappa shape index (κ1) is 19.8. The first-order chi connectivity index (χ1) is 14.7. The normalized spacial score (nSPS) is 10.5. The molecule has 0 aliphatic carbocycles. The molecule has 7 nitrogen and oxygen atoms in total. The molecule has 148 valence electrons. The Labute approximate surface area is 181 Å². The molecule has 2 aromatic heterocycles. The highest BCUT2D eigenvalue weighted by Crippen LogP contribution is 2.28. The summed E-state index contributed by atoms with van der Waals surface area (Å²) in [7, 11) is 0. The molecule has 30 heavy (non-hydrogen) atoms. The van der Waals surface area contributed by atoms with Crippen molar-refractivity contribution in [1.82, 2.24) is 14.8 Å². The summed E-state index contributed by atoms with van der Waals surface area (Å²) in [5.41, 5.74) is 1.56. The van der Waals surface area contributed by atoms with Crippen LogP contribution in [0.2, 0.25) is 5.02 Å². The Bertz CT molecular complexity index is 1220. The minimum absolute atomic E-state index is 0.0699. The number of amides is 1. The molecule has 1 N–H and O–H groups in total. The van der Waals surface area contributed by atoms with Gasteiger partial charge in [-0.2, -0.15) is 5.26 Å². The zero-order valence-corrected chi connectivity index (χ0v) is 17.0. The second-order valence-electron chi connectivity index (χ2n) is 6.09. The molecular weight excluding hydrogens is 422 g/mol. The first-order valence-electron chi connectivity index (χ1n) is 8.82. The van der Waals surface area contributed by atoms with Gasteiger partial charge < -0.3 is 9.73 Å². The van der Waals surface area contributed by atoms with Crippen LogP contribution in [0.1, 0.15) is 5.56 Å². The van der Waals surface area contributed by atoms with Gasteiger partial charge in [0.05, 0.1) is 23.3 Å². The summed E-state index contributed by atoms with van der Waals surface area (Å²) in [6, 6.07) is 19.9. The number of hydrogen-bond donors (Lipinski definition) is 1. The van der Waals surface area contributed by atoms with E-state index in [-0.39, 0.29) is 11.7 Å². The van der Waals surface area contributed by atoms with E-state index in [4.69, 9.17) is 16.0 Å². The van der Waals surface area contributed by atoms with Gasteiger partial charge in [-0.3, -0.25) is 9.36 Å². The van der Waals surface area contributed by atoms with Crippen LogP contribution in [0.4, 0.5) is 5.69 Å². The van der Waals surface area contributed by atoms with Crippen LogP contribution in [0, 0.1) is 11.3 Å². The van der Waals surface area contributed by atoms with Crippen molar-refractivity contribution in [3.8, 4) is 23.3 Å². The van der Waals surface area contributed by atoms with Crippen molar-refractivity contribution >= 4 is 35.0 Å². The van der Waals surface area contributed by atoms with Gasteiger partial charge in [0.2, 0.25) is 11.7 Å². The summed E-state index contributed by atoms with van der Waals surface area (Å²) in [4.78, 5) is 12.5. The zero-order chi connectivity index (χ0) is 20.9. The van der Waals surface area contributed by atoms with E-state index in [1.807, 2.05) is 41.0 Å². The molecule has 9 heteroatoms. The molecule has 0 fully saturated rings. The number of anilines is 1. The molecule has 0 atom stereocenters. The lowest BCUT2D eigenvalue weighted by Gasteiger charge is -2.10. The van der Waals surface area contributed by atoms with Gasteiger partial charge in [0.15, 0.2) is 10.9 Å². The van der Waals surface area contributed by atoms with Crippen molar-refractivity contribution in [2.24, 2.45) is 0 Å². The molecular formula is C21H14ClN5O2S. The zero-order valence-electron chi connectivity index (χ0n) is 15.4. The summed E-state index contributed by atoms with van der Waals surface area (Å²) in [6.07, 6.45) is 1.57. The first-order valence-corrected chi connectivity index (χ1v) is 10.2. The Morgan fingerprint density at radius 2 is 2.00 bits per heavy atom. The lowest BCUT2D eigenvalue weighted by Crippen LogP contribution is -2.15. The Balaban J connectivity index is 1.56. The monoisotopic (exact) mass is 435 g/mol. The maximum Gasteiger partial charge on any atom is 0.234 e. The third-order valence-corrected chi connectivity index (χ3v) is 5.26. The van der Waals surface area contributed by atoms with Gasteiger partial charge in [0.1, 0.15) is 6.07 Å². The molecule has 4 aromatic rings. The Morgan fingerprint density at radius 1 is 1.17 bits per heavy atom. The SMILES string of the molecule is N#Cc1ccc(Cl)cc1NC(=O)CSc1nnc(-c2ccco2)n1-c1ccccc1. The van der Waals surface area contributed by atoms with Crippen LogP contribution in [0.25, 0.3) is 17.3 Å². The van der Waals surface area contributed by atoms with Crippen LogP contribution in [-0.2, 0) is 4.79 Å². The Morgan fingerprint density at radius 3 is 2.73 bits per heavy atom. The molecule has 0 aliphatic heterocycles.